The maximum atomic E-state index is 12.5. The fraction of sp³-hybridized carbons (Fsp3) is 0.500. The molecular weight excluding hydrogens is 335 g/mol. The molecule has 0 N–H and O–H groups in total. The number of hydrogen-bond acceptors (Lipinski definition) is 1. The first-order chi connectivity index (χ1) is 9.41. The highest BCUT2D eigenvalue weighted by Gasteiger charge is 2.31. The van der Waals surface area contributed by atoms with E-state index in [1.807, 2.05) is 0 Å². The average molecular weight is 350 g/mol. The first-order valence-corrected chi connectivity index (χ1v) is 7.56. The predicted octanol–water partition coefficient (Wildman–Crippen LogP) is 3.95. The number of carbonyl (C=O) groups is 1. The molecule has 0 saturated carbocycles. The molecule has 1 aromatic rings. The van der Waals surface area contributed by atoms with Crippen molar-refractivity contribution in [3.63, 3.8) is 0 Å². The van der Waals surface area contributed by atoms with E-state index in [1.165, 1.54) is 12.1 Å². The largest absolute Gasteiger partial charge is 0.416 e. The van der Waals surface area contributed by atoms with Gasteiger partial charge < -0.3 is 4.90 Å². The Bertz CT molecular complexity index is 472. The topological polar surface area (TPSA) is 20.3 Å². The number of rotatable bonds is 3. The maximum Gasteiger partial charge on any atom is 0.416 e. The first-order valence-electron chi connectivity index (χ1n) is 6.44. The van der Waals surface area contributed by atoms with Crippen LogP contribution in [0.5, 0.6) is 0 Å². The van der Waals surface area contributed by atoms with Crippen molar-refractivity contribution in [2.45, 2.75) is 19.0 Å². The molecule has 1 heterocycles. The quantitative estimate of drug-likeness (QED) is 0.756. The summed E-state index contributed by atoms with van der Waals surface area (Å²) in [7, 11) is 0. The van der Waals surface area contributed by atoms with Crippen LogP contribution in [0.25, 0.3) is 0 Å². The normalized spacial score (nSPS) is 19.4. The summed E-state index contributed by atoms with van der Waals surface area (Å²) in [5.74, 6) is 0.295. The zero-order valence-electron chi connectivity index (χ0n) is 10.8. The molecule has 1 atom stereocenters. The Morgan fingerprint density at radius 2 is 1.95 bits per heavy atom. The molecule has 1 aliphatic heterocycles. The molecule has 20 heavy (non-hydrogen) atoms. The number of carbonyl (C=O) groups excluding carboxylic acids is 1. The molecule has 0 bridgehead atoms. The Kier molecular flexibility index (Phi) is 4.73. The summed E-state index contributed by atoms with van der Waals surface area (Å²) in [6.45, 7) is 1.36. The molecule has 110 valence electrons. The van der Waals surface area contributed by atoms with Crippen LogP contribution in [0.15, 0.2) is 24.3 Å². The molecule has 2 nitrogen and oxygen atoms in total. The van der Waals surface area contributed by atoms with Crippen molar-refractivity contribution >= 4 is 21.8 Å². The van der Waals surface area contributed by atoms with E-state index in [1.54, 1.807) is 4.90 Å². The lowest BCUT2D eigenvalue weighted by atomic mass is 10.1. The summed E-state index contributed by atoms with van der Waals surface area (Å²) >= 11 is 3.38. The third-order valence-corrected chi connectivity index (χ3v) is 4.01. The van der Waals surface area contributed by atoms with Crippen LogP contribution in [0.4, 0.5) is 13.2 Å². The van der Waals surface area contributed by atoms with Crippen molar-refractivity contribution in [2.75, 3.05) is 18.4 Å². The number of amides is 1. The zero-order valence-corrected chi connectivity index (χ0v) is 12.4. The molecule has 2 rings (SSSR count). The number of likely N-dealkylation sites (tertiary alicyclic amines) is 1. The van der Waals surface area contributed by atoms with Gasteiger partial charge in [-0.1, -0.05) is 15.9 Å². The van der Waals surface area contributed by atoms with E-state index in [0.29, 0.717) is 24.6 Å². The third-order valence-electron chi connectivity index (χ3n) is 3.55. The van der Waals surface area contributed by atoms with E-state index in [2.05, 4.69) is 15.9 Å². The summed E-state index contributed by atoms with van der Waals surface area (Å²) in [5, 5.41) is 0.903. The highest BCUT2D eigenvalue weighted by atomic mass is 79.9. The molecule has 1 aliphatic rings. The zero-order chi connectivity index (χ0) is 14.8. The SMILES string of the molecule is O=C(c1ccc(C(F)(F)F)cc1)N1CCC(CCBr)C1. The minimum atomic E-state index is -4.36. The molecule has 0 radical (unpaired) electrons. The summed E-state index contributed by atoms with van der Waals surface area (Å²) in [6.07, 6.45) is -2.40. The standard InChI is InChI=1S/C14H15BrF3NO/c15-7-5-10-6-8-19(9-10)13(20)11-1-3-12(4-2-11)14(16,17)18/h1-4,10H,5-9H2. The smallest absolute Gasteiger partial charge is 0.338 e. The number of hydrogen-bond donors (Lipinski definition) is 0. The number of halogens is 4. The van der Waals surface area contributed by atoms with Crippen molar-refractivity contribution < 1.29 is 18.0 Å². The first kappa shape index (κ1) is 15.4. The maximum absolute atomic E-state index is 12.5. The minimum absolute atomic E-state index is 0.184. The van der Waals surface area contributed by atoms with Crippen LogP contribution in [0, 0.1) is 5.92 Å². The van der Waals surface area contributed by atoms with Crippen molar-refractivity contribution in [3.8, 4) is 0 Å². The van der Waals surface area contributed by atoms with Gasteiger partial charge in [-0.15, -0.1) is 0 Å². The summed E-state index contributed by atoms with van der Waals surface area (Å²) < 4.78 is 37.4. The lowest BCUT2D eigenvalue weighted by Crippen LogP contribution is -2.28. The second-order valence-electron chi connectivity index (χ2n) is 4.96. The lowest BCUT2D eigenvalue weighted by Gasteiger charge is -2.17. The van der Waals surface area contributed by atoms with Crippen molar-refractivity contribution in [3.05, 3.63) is 35.4 Å². The lowest BCUT2D eigenvalue weighted by molar-refractivity contribution is -0.137. The van der Waals surface area contributed by atoms with Gasteiger partial charge in [0, 0.05) is 24.0 Å². The summed E-state index contributed by atoms with van der Waals surface area (Å²) in [6, 6.07) is 4.42. The Balaban J connectivity index is 2.03. The predicted molar refractivity (Wildman–Crippen MR) is 73.9 cm³/mol. The average Bonchev–Trinajstić information content (AvgIpc) is 2.86. The summed E-state index contributed by atoms with van der Waals surface area (Å²) in [4.78, 5) is 13.9. The second kappa shape index (κ2) is 6.16. The number of alkyl halides is 4. The molecule has 6 heteroatoms. The van der Waals surface area contributed by atoms with Gasteiger partial charge in [-0.2, -0.15) is 13.2 Å². The van der Waals surface area contributed by atoms with E-state index in [9.17, 15) is 18.0 Å². The number of nitrogens with zero attached hydrogens (tertiary/aromatic N) is 1. The van der Waals surface area contributed by atoms with Crippen molar-refractivity contribution in [1.29, 1.82) is 0 Å². The van der Waals surface area contributed by atoms with E-state index >= 15 is 0 Å². The Morgan fingerprint density at radius 3 is 2.50 bits per heavy atom. The van der Waals surface area contributed by atoms with Crippen LogP contribution < -0.4 is 0 Å². The van der Waals surface area contributed by atoms with E-state index in [4.69, 9.17) is 0 Å². The fourth-order valence-corrected chi connectivity index (χ4v) is 3.04. The van der Waals surface area contributed by atoms with Gasteiger partial charge in [0.25, 0.3) is 5.91 Å². The van der Waals surface area contributed by atoms with Gasteiger partial charge in [0.1, 0.15) is 0 Å². The van der Waals surface area contributed by atoms with E-state index in [-0.39, 0.29) is 5.91 Å². The molecule has 0 aliphatic carbocycles. The van der Waals surface area contributed by atoms with E-state index < -0.39 is 11.7 Å². The van der Waals surface area contributed by atoms with Crippen LogP contribution in [0.2, 0.25) is 0 Å². The van der Waals surface area contributed by atoms with Gasteiger partial charge in [0.15, 0.2) is 0 Å². The second-order valence-corrected chi connectivity index (χ2v) is 5.75. The molecule has 0 aromatic heterocycles. The third kappa shape index (κ3) is 3.53. The Hall–Kier alpha value is -1.04. The Morgan fingerprint density at radius 1 is 1.30 bits per heavy atom. The molecule has 1 aromatic carbocycles. The van der Waals surface area contributed by atoms with Crippen LogP contribution in [0.1, 0.15) is 28.8 Å². The van der Waals surface area contributed by atoms with E-state index in [0.717, 1.165) is 30.3 Å². The highest BCUT2D eigenvalue weighted by Crippen LogP contribution is 2.29. The van der Waals surface area contributed by atoms with Gasteiger partial charge in [-0.3, -0.25) is 4.79 Å². The van der Waals surface area contributed by atoms with Crippen LogP contribution in [-0.4, -0.2) is 29.2 Å². The van der Waals surface area contributed by atoms with Crippen molar-refractivity contribution in [1.82, 2.24) is 4.90 Å². The molecule has 1 amide bonds. The monoisotopic (exact) mass is 349 g/mol. The molecular formula is C14H15BrF3NO. The van der Waals surface area contributed by atoms with Gasteiger partial charge in [0.2, 0.25) is 0 Å². The van der Waals surface area contributed by atoms with Crippen LogP contribution in [-0.2, 0) is 6.18 Å². The molecule has 0 spiro atoms. The van der Waals surface area contributed by atoms with Crippen LogP contribution in [0.3, 0.4) is 0 Å². The van der Waals surface area contributed by atoms with Gasteiger partial charge in [-0.25, -0.2) is 0 Å². The Labute approximate surface area is 124 Å². The fourth-order valence-electron chi connectivity index (χ4n) is 2.39. The van der Waals surface area contributed by atoms with Gasteiger partial charge in [0.05, 0.1) is 5.56 Å². The summed E-state index contributed by atoms with van der Waals surface area (Å²) in [5.41, 5.74) is -0.412. The molecule has 1 unspecified atom stereocenters. The van der Waals surface area contributed by atoms with Crippen LogP contribution >= 0.6 is 15.9 Å². The number of benzene rings is 1. The van der Waals surface area contributed by atoms with Gasteiger partial charge >= 0.3 is 6.18 Å². The molecule has 1 fully saturated rings. The van der Waals surface area contributed by atoms with Crippen molar-refractivity contribution in [2.24, 2.45) is 5.92 Å². The van der Waals surface area contributed by atoms with Gasteiger partial charge in [-0.05, 0) is 43.0 Å². The minimum Gasteiger partial charge on any atom is -0.338 e. The highest BCUT2D eigenvalue weighted by molar-refractivity contribution is 9.09. The molecule has 1 saturated heterocycles.